The number of hydrogen-bond donors (Lipinski definition) is 2. The van der Waals surface area contributed by atoms with E-state index in [9.17, 15) is 9.90 Å². The summed E-state index contributed by atoms with van der Waals surface area (Å²) in [5.41, 5.74) is 0.720. The van der Waals surface area contributed by atoms with Crippen molar-refractivity contribution >= 4 is 46.7 Å². The number of halogens is 1. The molecular formula is C25H34ClN3O2S2. The van der Waals surface area contributed by atoms with Crippen LogP contribution in [0.1, 0.15) is 19.8 Å². The van der Waals surface area contributed by atoms with Crippen LogP contribution in [-0.2, 0) is 4.79 Å². The number of amides is 1. The molecule has 1 aliphatic rings. The number of piperazine rings is 1. The van der Waals surface area contributed by atoms with Gasteiger partial charge in [-0.25, -0.2) is 0 Å². The fraction of sp³-hybridized carbons (Fsp3) is 0.480. The molecule has 180 valence electrons. The molecule has 1 heterocycles. The van der Waals surface area contributed by atoms with E-state index in [1.165, 1.54) is 22.6 Å². The molecule has 1 saturated heterocycles. The Kier molecular flexibility index (Phi) is 11.4. The molecule has 0 bridgehead atoms. The second kappa shape index (κ2) is 14.2. The van der Waals surface area contributed by atoms with Crippen molar-refractivity contribution in [3.05, 3.63) is 53.6 Å². The highest BCUT2D eigenvalue weighted by Gasteiger charge is 2.21. The van der Waals surface area contributed by atoms with Gasteiger partial charge in [-0.3, -0.25) is 14.6 Å². The Bertz CT molecular complexity index is 878. The lowest BCUT2D eigenvalue weighted by atomic mass is 10.2. The Morgan fingerprint density at radius 2 is 1.76 bits per heavy atom. The lowest BCUT2D eigenvalue weighted by Gasteiger charge is -2.35. The van der Waals surface area contributed by atoms with Crippen molar-refractivity contribution < 1.29 is 9.90 Å². The summed E-state index contributed by atoms with van der Waals surface area (Å²) in [7, 11) is 0. The van der Waals surface area contributed by atoms with Crippen molar-refractivity contribution in [2.75, 3.05) is 56.1 Å². The Balaban J connectivity index is 1.35. The fourth-order valence-electron chi connectivity index (χ4n) is 3.65. The standard InChI is InChI=1S/C25H34ClN3O2S2/c1-2-3-15-32-23-9-4-5-10-24(23)33-19-22(30)17-28-11-13-29(14-12-28)18-25(31)27-21-8-6-7-20(26)16-21/h4-10,16,22,30H,2-3,11-15,17-19H2,1H3,(H,27,31). The van der Waals surface area contributed by atoms with Gasteiger partial charge in [0.15, 0.2) is 0 Å². The highest BCUT2D eigenvalue weighted by molar-refractivity contribution is 8.02. The summed E-state index contributed by atoms with van der Waals surface area (Å²) in [5.74, 6) is 1.80. The number of benzene rings is 2. The lowest BCUT2D eigenvalue weighted by Crippen LogP contribution is -2.50. The zero-order chi connectivity index (χ0) is 23.5. The van der Waals surface area contributed by atoms with Crippen LogP contribution in [0.4, 0.5) is 5.69 Å². The summed E-state index contributed by atoms with van der Waals surface area (Å²) in [4.78, 5) is 19.3. The molecule has 0 spiro atoms. The van der Waals surface area contributed by atoms with Crippen molar-refractivity contribution in [3.63, 3.8) is 0 Å². The molecule has 1 unspecified atom stereocenters. The number of hydrogen-bond acceptors (Lipinski definition) is 6. The minimum atomic E-state index is -0.374. The van der Waals surface area contributed by atoms with E-state index in [0.29, 0.717) is 23.9 Å². The molecule has 2 N–H and O–H groups in total. The molecule has 2 aromatic carbocycles. The summed E-state index contributed by atoms with van der Waals surface area (Å²) in [5, 5.41) is 14.1. The number of anilines is 1. The molecule has 2 aromatic rings. The molecule has 0 radical (unpaired) electrons. The Morgan fingerprint density at radius 3 is 2.45 bits per heavy atom. The van der Waals surface area contributed by atoms with Gasteiger partial charge >= 0.3 is 0 Å². The topological polar surface area (TPSA) is 55.8 Å². The van der Waals surface area contributed by atoms with Crippen LogP contribution < -0.4 is 5.32 Å². The quantitative estimate of drug-likeness (QED) is 0.313. The maximum absolute atomic E-state index is 12.3. The van der Waals surface area contributed by atoms with Crippen molar-refractivity contribution in [2.24, 2.45) is 0 Å². The van der Waals surface area contributed by atoms with E-state index in [0.717, 1.165) is 37.6 Å². The van der Waals surface area contributed by atoms with E-state index in [1.807, 2.05) is 23.9 Å². The number of unbranched alkanes of at least 4 members (excludes halogenated alkanes) is 1. The molecule has 5 nitrogen and oxygen atoms in total. The summed E-state index contributed by atoms with van der Waals surface area (Å²) in [6.07, 6.45) is 2.06. The van der Waals surface area contributed by atoms with Crippen LogP contribution in [0.15, 0.2) is 58.3 Å². The van der Waals surface area contributed by atoms with Gasteiger partial charge in [0.25, 0.3) is 0 Å². The number of aliphatic hydroxyl groups excluding tert-OH is 1. The summed E-state index contributed by atoms with van der Waals surface area (Å²) >= 11 is 9.63. The third-order valence-corrected chi connectivity index (χ3v) is 8.19. The second-order valence-electron chi connectivity index (χ2n) is 8.25. The Labute approximate surface area is 211 Å². The highest BCUT2D eigenvalue weighted by Crippen LogP contribution is 2.31. The number of rotatable bonds is 12. The Morgan fingerprint density at radius 1 is 1.06 bits per heavy atom. The number of nitrogens with zero attached hydrogens (tertiary/aromatic N) is 2. The first-order valence-electron chi connectivity index (χ1n) is 11.6. The van der Waals surface area contributed by atoms with Gasteiger partial charge in [-0.2, -0.15) is 0 Å². The predicted molar refractivity (Wildman–Crippen MR) is 142 cm³/mol. The van der Waals surface area contributed by atoms with Gasteiger partial charge in [0.05, 0.1) is 12.6 Å². The number of thioether (sulfide) groups is 2. The predicted octanol–water partition coefficient (Wildman–Crippen LogP) is 4.94. The third kappa shape index (κ3) is 9.51. The van der Waals surface area contributed by atoms with Crippen LogP contribution >= 0.6 is 35.1 Å². The minimum Gasteiger partial charge on any atom is -0.391 e. The zero-order valence-electron chi connectivity index (χ0n) is 19.2. The average molecular weight is 508 g/mol. The van der Waals surface area contributed by atoms with Gasteiger partial charge in [0.1, 0.15) is 0 Å². The molecule has 0 aromatic heterocycles. The van der Waals surface area contributed by atoms with Crippen molar-refractivity contribution in [1.82, 2.24) is 9.80 Å². The van der Waals surface area contributed by atoms with Crippen molar-refractivity contribution in [1.29, 1.82) is 0 Å². The SMILES string of the molecule is CCCCSc1ccccc1SCC(O)CN1CCN(CC(=O)Nc2cccc(Cl)c2)CC1. The number of carbonyl (C=O) groups excluding carboxylic acids is 1. The molecule has 1 atom stereocenters. The normalized spacial score (nSPS) is 16.0. The molecule has 8 heteroatoms. The number of carbonyl (C=O) groups is 1. The van der Waals surface area contributed by atoms with Gasteiger partial charge in [-0.15, -0.1) is 23.5 Å². The first-order valence-corrected chi connectivity index (χ1v) is 13.9. The maximum Gasteiger partial charge on any atom is 0.238 e. The molecule has 3 rings (SSSR count). The third-order valence-electron chi connectivity index (χ3n) is 5.45. The van der Waals surface area contributed by atoms with Crippen LogP contribution in [-0.4, -0.2) is 77.7 Å². The van der Waals surface area contributed by atoms with Crippen LogP contribution in [0.5, 0.6) is 0 Å². The van der Waals surface area contributed by atoms with Crippen molar-refractivity contribution in [2.45, 2.75) is 35.7 Å². The molecule has 33 heavy (non-hydrogen) atoms. The van der Waals surface area contributed by atoms with Crippen molar-refractivity contribution in [3.8, 4) is 0 Å². The summed E-state index contributed by atoms with van der Waals surface area (Å²) < 4.78 is 0. The van der Waals surface area contributed by atoms with Gasteiger partial charge in [-0.05, 0) is 42.5 Å². The van der Waals surface area contributed by atoms with E-state index in [1.54, 1.807) is 23.9 Å². The number of β-amino-alcohol motifs (C(OH)–C–C–N with tert-alkyl or cyclic N) is 1. The fourth-order valence-corrected chi connectivity index (χ4v) is 6.10. The first-order chi connectivity index (χ1) is 16.0. The minimum absolute atomic E-state index is 0.0300. The van der Waals surface area contributed by atoms with Gasteiger partial charge in [-0.1, -0.05) is 43.1 Å². The molecule has 1 fully saturated rings. The monoisotopic (exact) mass is 507 g/mol. The molecule has 1 amide bonds. The summed E-state index contributed by atoms with van der Waals surface area (Å²) in [6.45, 7) is 6.60. The maximum atomic E-state index is 12.3. The molecule has 0 aliphatic carbocycles. The van der Waals surface area contributed by atoms with Gasteiger partial charge in [0, 0.05) is 59.0 Å². The zero-order valence-corrected chi connectivity index (χ0v) is 21.6. The smallest absolute Gasteiger partial charge is 0.238 e. The Hall–Kier alpha value is -1.22. The van der Waals surface area contributed by atoms with Crippen LogP contribution in [0.25, 0.3) is 0 Å². The van der Waals surface area contributed by atoms with E-state index >= 15 is 0 Å². The molecule has 1 aliphatic heterocycles. The largest absolute Gasteiger partial charge is 0.391 e. The summed E-state index contributed by atoms with van der Waals surface area (Å²) in [6, 6.07) is 15.7. The number of aliphatic hydroxyl groups is 1. The number of nitrogens with one attached hydrogen (secondary N) is 1. The van der Waals surface area contributed by atoms with E-state index in [4.69, 9.17) is 11.6 Å². The molecular weight excluding hydrogens is 474 g/mol. The second-order valence-corrected chi connectivity index (χ2v) is 10.9. The van der Waals surface area contributed by atoms with Crippen LogP contribution in [0.3, 0.4) is 0 Å². The molecule has 0 saturated carbocycles. The highest BCUT2D eigenvalue weighted by atomic mass is 35.5. The van der Waals surface area contributed by atoms with E-state index < -0.39 is 0 Å². The van der Waals surface area contributed by atoms with Gasteiger partial charge in [0.2, 0.25) is 5.91 Å². The average Bonchev–Trinajstić information content (AvgIpc) is 2.80. The van der Waals surface area contributed by atoms with Crippen LogP contribution in [0, 0.1) is 0 Å². The van der Waals surface area contributed by atoms with E-state index in [-0.39, 0.29) is 12.0 Å². The van der Waals surface area contributed by atoms with E-state index in [2.05, 4.69) is 46.3 Å². The first kappa shape index (κ1) is 26.4. The lowest BCUT2D eigenvalue weighted by molar-refractivity contribution is -0.117. The van der Waals surface area contributed by atoms with Crippen LogP contribution in [0.2, 0.25) is 5.02 Å². The van der Waals surface area contributed by atoms with Gasteiger partial charge < -0.3 is 10.4 Å².